The Morgan fingerprint density at radius 1 is 1.62 bits per heavy atom. The average Bonchev–Trinajstić information content (AvgIpc) is 1.83. The molecule has 0 aromatic rings. The first kappa shape index (κ1) is 7.56. The zero-order valence-corrected chi connectivity index (χ0v) is 5.60. The van der Waals surface area contributed by atoms with Crippen LogP contribution < -0.4 is 0 Å². The van der Waals surface area contributed by atoms with E-state index < -0.39 is 0 Å². The molecule has 0 rings (SSSR count). The van der Waals surface area contributed by atoms with E-state index >= 15 is 0 Å². The summed E-state index contributed by atoms with van der Waals surface area (Å²) in [5.74, 6) is 0.624. The van der Waals surface area contributed by atoms with Crippen LogP contribution in [0.1, 0.15) is 0 Å². The molecule has 0 fully saturated rings. The molecule has 0 amide bonds. The van der Waals surface area contributed by atoms with E-state index in [1.165, 1.54) is 14.2 Å². The lowest BCUT2D eigenvalue weighted by molar-refractivity contribution is 0.199. The molecule has 0 heterocycles. The molecule has 3 nitrogen and oxygen atoms in total. The summed E-state index contributed by atoms with van der Waals surface area (Å²) >= 11 is 5.31. The van der Waals surface area contributed by atoms with Gasteiger partial charge in [0.2, 0.25) is 5.90 Å². The standard InChI is InChI=1S/C4H8ClNO2/c1-7-4(3-5)6-8-2/h3H2,1-2H3/b6-4-. The quantitative estimate of drug-likeness (QED) is 0.244. The van der Waals surface area contributed by atoms with Crippen molar-refractivity contribution in [3.63, 3.8) is 0 Å². The van der Waals surface area contributed by atoms with Crippen molar-refractivity contribution < 1.29 is 9.57 Å². The van der Waals surface area contributed by atoms with Crippen molar-refractivity contribution in [2.75, 3.05) is 20.1 Å². The number of alkyl halides is 1. The molecule has 0 aromatic carbocycles. The summed E-state index contributed by atoms with van der Waals surface area (Å²) in [5.41, 5.74) is 0. The lowest BCUT2D eigenvalue weighted by Crippen LogP contribution is -2.02. The Kier molecular flexibility index (Phi) is 4.45. The maximum atomic E-state index is 5.31. The van der Waals surface area contributed by atoms with Gasteiger partial charge in [0, 0.05) is 0 Å². The fraction of sp³-hybridized carbons (Fsp3) is 0.750. The minimum atomic E-state index is 0.240. The molecule has 48 valence electrons. The van der Waals surface area contributed by atoms with Crippen molar-refractivity contribution in [2.24, 2.45) is 5.16 Å². The molecule has 0 atom stereocenters. The Labute approximate surface area is 53.2 Å². The number of ether oxygens (including phenoxy) is 1. The van der Waals surface area contributed by atoms with Crippen LogP contribution in [0.5, 0.6) is 0 Å². The molecular weight excluding hydrogens is 130 g/mol. The summed E-state index contributed by atoms with van der Waals surface area (Å²) in [6.45, 7) is 0. The van der Waals surface area contributed by atoms with Crippen LogP contribution in [0.4, 0.5) is 0 Å². The first-order valence-electron chi connectivity index (χ1n) is 2.05. The normalized spacial score (nSPS) is 11.1. The van der Waals surface area contributed by atoms with Crippen LogP contribution in [0.3, 0.4) is 0 Å². The van der Waals surface area contributed by atoms with Gasteiger partial charge in [-0.05, 0) is 0 Å². The van der Waals surface area contributed by atoms with Crippen molar-refractivity contribution in [3.8, 4) is 0 Å². The summed E-state index contributed by atoms with van der Waals surface area (Å²) in [5, 5.41) is 3.42. The molecule has 0 saturated carbocycles. The van der Waals surface area contributed by atoms with Gasteiger partial charge >= 0.3 is 0 Å². The van der Waals surface area contributed by atoms with Crippen molar-refractivity contribution in [2.45, 2.75) is 0 Å². The van der Waals surface area contributed by atoms with Crippen LogP contribution in [0, 0.1) is 0 Å². The first-order chi connectivity index (χ1) is 3.85. The van der Waals surface area contributed by atoms with E-state index in [2.05, 4.69) is 14.7 Å². The maximum Gasteiger partial charge on any atom is 0.240 e. The molecule has 4 heteroatoms. The predicted octanol–water partition coefficient (Wildman–Crippen LogP) is 0.832. The van der Waals surface area contributed by atoms with Crippen molar-refractivity contribution in [1.82, 2.24) is 0 Å². The van der Waals surface area contributed by atoms with Gasteiger partial charge in [0.1, 0.15) is 13.0 Å². The van der Waals surface area contributed by atoms with Gasteiger partial charge in [-0.15, -0.1) is 11.6 Å². The molecule has 0 aromatic heterocycles. The van der Waals surface area contributed by atoms with Crippen LogP contribution in [0.2, 0.25) is 0 Å². The fourth-order valence-electron chi connectivity index (χ4n) is 0.218. The highest BCUT2D eigenvalue weighted by atomic mass is 35.5. The minimum absolute atomic E-state index is 0.240. The van der Waals surface area contributed by atoms with Gasteiger partial charge in [0.05, 0.1) is 7.11 Å². The third-order valence-electron chi connectivity index (χ3n) is 0.543. The topological polar surface area (TPSA) is 30.8 Å². The van der Waals surface area contributed by atoms with Gasteiger partial charge in [0.15, 0.2) is 0 Å². The number of methoxy groups -OCH3 is 1. The molecule has 0 aliphatic heterocycles. The number of oxime groups is 1. The Hall–Kier alpha value is -0.440. The lowest BCUT2D eigenvalue weighted by Gasteiger charge is -1.95. The first-order valence-corrected chi connectivity index (χ1v) is 2.58. The molecule has 0 aliphatic rings. The maximum absolute atomic E-state index is 5.31. The molecule has 0 unspecified atom stereocenters. The largest absolute Gasteiger partial charge is 0.481 e. The van der Waals surface area contributed by atoms with Gasteiger partial charge in [-0.1, -0.05) is 5.16 Å². The Morgan fingerprint density at radius 2 is 2.25 bits per heavy atom. The van der Waals surface area contributed by atoms with Gasteiger partial charge in [-0.3, -0.25) is 0 Å². The number of nitrogens with zero attached hydrogens (tertiary/aromatic N) is 1. The Balaban J connectivity index is 3.49. The average molecular weight is 138 g/mol. The highest BCUT2D eigenvalue weighted by Crippen LogP contribution is 1.83. The van der Waals surface area contributed by atoms with E-state index in [0.29, 0.717) is 5.90 Å². The molecule has 0 N–H and O–H groups in total. The molecule has 0 saturated heterocycles. The second-order valence-corrected chi connectivity index (χ2v) is 1.27. The van der Waals surface area contributed by atoms with Gasteiger partial charge < -0.3 is 9.57 Å². The van der Waals surface area contributed by atoms with E-state index in [0.717, 1.165) is 0 Å². The highest BCUT2D eigenvalue weighted by Gasteiger charge is 1.91. The number of hydrogen-bond acceptors (Lipinski definition) is 3. The number of hydrogen-bond donors (Lipinski definition) is 0. The molecule has 0 radical (unpaired) electrons. The van der Waals surface area contributed by atoms with Gasteiger partial charge in [0.25, 0.3) is 0 Å². The third-order valence-corrected chi connectivity index (χ3v) is 0.772. The summed E-state index contributed by atoms with van der Waals surface area (Å²) in [6.07, 6.45) is 0. The monoisotopic (exact) mass is 137 g/mol. The van der Waals surface area contributed by atoms with E-state index in [9.17, 15) is 0 Å². The molecule has 0 bridgehead atoms. The second kappa shape index (κ2) is 4.71. The number of halogens is 1. The van der Waals surface area contributed by atoms with Crippen LogP contribution in [-0.2, 0) is 9.57 Å². The Morgan fingerprint density at radius 3 is 2.38 bits per heavy atom. The summed E-state index contributed by atoms with van der Waals surface area (Å²) in [7, 11) is 2.92. The summed E-state index contributed by atoms with van der Waals surface area (Å²) < 4.78 is 4.63. The van der Waals surface area contributed by atoms with Gasteiger partial charge in [-0.25, -0.2) is 0 Å². The zero-order chi connectivity index (χ0) is 6.41. The van der Waals surface area contributed by atoms with Crippen molar-refractivity contribution >= 4 is 17.5 Å². The van der Waals surface area contributed by atoms with E-state index in [1.54, 1.807) is 0 Å². The van der Waals surface area contributed by atoms with Crippen molar-refractivity contribution in [3.05, 3.63) is 0 Å². The fourth-order valence-corrected chi connectivity index (χ4v) is 0.376. The SMILES string of the molecule is CO/N=C(/CCl)OC. The zero-order valence-electron chi connectivity index (χ0n) is 4.85. The Bertz CT molecular complexity index is 78.1. The third kappa shape index (κ3) is 2.69. The van der Waals surface area contributed by atoms with E-state index in [-0.39, 0.29) is 5.88 Å². The van der Waals surface area contributed by atoms with E-state index in [1.807, 2.05) is 0 Å². The van der Waals surface area contributed by atoms with Gasteiger partial charge in [-0.2, -0.15) is 0 Å². The van der Waals surface area contributed by atoms with Crippen LogP contribution in [0.25, 0.3) is 0 Å². The second-order valence-electron chi connectivity index (χ2n) is 1.01. The lowest BCUT2D eigenvalue weighted by atomic mass is 10.8. The molecular formula is C4H8ClNO2. The predicted molar refractivity (Wildman–Crippen MR) is 32.2 cm³/mol. The minimum Gasteiger partial charge on any atom is -0.481 e. The van der Waals surface area contributed by atoms with Crippen LogP contribution >= 0.6 is 11.6 Å². The molecule has 0 aliphatic carbocycles. The van der Waals surface area contributed by atoms with Crippen LogP contribution in [0.15, 0.2) is 5.16 Å². The summed E-state index contributed by atoms with van der Waals surface area (Å²) in [6, 6.07) is 0. The number of rotatable bonds is 2. The van der Waals surface area contributed by atoms with Crippen molar-refractivity contribution in [1.29, 1.82) is 0 Å². The summed E-state index contributed by atoms with van der Waals surface area (Å²) in [4.78, 5) is 4.36. The molecule has 0 spiro atoms. The molecule has 8 heavy (non-hydrogen) atoms. The smallest absolute Gasteiger partial charge is 0.240 e. The highest BCUT2D eigenvalue weighted by molar-refractivity contribution is 6.27. The van der Waals surface area contributed by atoms with E-state index in [4.69, 9.17) is 11.6 Å². The van der Waals surface area contributed by atoms with Crippen LogP contribution in [-0.4, -0.2) is 26.0 Å².